The first kappa shape index (κ1) is 87.5. The molecule has 7 nitrogen and oxygen atoms in total. The Kier molecular flexibility index (Phi) is 35.3. The first-order valence-corrected chi connectivity index (χ1v) is 35.0. The van der Waals surface area contributed by atoms with Crippen LogP contribution in [-0.2, 0) is 55.2 Å². The third kappa shape index (κ3) is 37.7. The van der Waals surface area contributed by atoms with Gasteiger partial charge in [0.1, 0.15) is 0 Å². The van der Waals surface area contributed by atoms with Crippen LogP contribution in [0.2, 0.25) is 0 Å². The second kappa shape index (κ2) is 39.2. The average molecular weight is 1310 g/mol. The van der Waals surface area contributed by atoms with E-state index in [0.717, 1.165) is 34.9 Å². The van der Waals surface area contributed by atoms with Gasteiger partial charge in [0, 0.05) is 100 Å². The molecule has 9 rings (SSSR count). The summed E-state index contributed by atoms with van der Waals surface area (Å²) >= 11 is 0. The monoisotopic (exact) mass is 1310 g/mol. The molecule has 7 aromatic heterocycles. The van der Waals surface area contributed by atoms with Crippen molar-refractivity contribution in [3.63, 3.8) is 0 Å². The molecule has 0 fully saturated rings. The van der Waals surface area contributed by atoms with Crippen LogP contribution in [0.1, 0.15) is 278 Å². The van der Waals surface area contributed by atoms with Crippen molar-refractivity contribution in [1.82, 2.24) is 34.9 Å². The minimum Gasteiger partial charge on any atom is -0.264 e. The van der Waals surface area contributed by atoms with E-state index in [2.05, 4.69) is 353 Å². The molecule has 0 aliphatic carbocycles. The van der Waals surface area contributed by atoms with Gasteiger partial charge in [0.15, 0.2) is 0 Å². The molecule has 0 saturated carbocycles. The number of pyridine rings is 7. The molecule has 0 amide bonds. The van der Waals surface area contributed by atoms with Crippen LogP contribution in [0.15, 0.2) is 195 Å². The van der Waals surface area contributed by atoms with Crippen LogP contribution in [0.4, 0.5) is 0 Å². The molecular weight excluding hydrogens is 1180 g/mol. The Balaban J connectivity index is 0.000000546. The Morgan fingerprint density at radius 2 is 0.649 bits per heavy atom. The largest absolute Gasteiger partial charge is 0.264 e. The van der Waals surface area contributed by atoms with Gasteiger partial charge in [0.2, 0.25) is 0 Å². The summed E-state index contributed by atoms with van der Waals surface area (Å²) in [6.07, 6.45) is 18.0. The Bertz CT molecular complexity index is 3160. The second-order valence-electron chi connectivity index (χ2n) is 34.7. The molecule has 7 heteroatoms. The van der Waals surface area contributed by atoms with Crippen LogP contribution in [0, 0.1) is 34.6 Å². The quantitative estimate of drug-likeness (QED) is 0.162. The summed E-state index contributed by atoms with van der Waals surface area (Å²) in [4.78, 5) is 29.4. The van der Waals surface area contributed by atoms with E-state index in [4.69, 9.17) is 0 Å². The Hall–Kier alpha value is -7.51. The Morgan fingerprint density at radius 1 is 0.247 bits per heavy atom. The summed E-state index contributed by atoms with van der Waals surface area (Å²) < 4.78 is 0. The number of benzene rings is 2. The standard InChI is InChI=1S/C12H18.C11H16.4C10H15N.3C9H13N/c1-5-10-7-6-8-11(9-10)12(2,3)4;1-9-6-5-7-10(8-9)11(2,3)4;1-8-5-9(7-11-6-8)10(2,3)4;1-8-7-9(5-6-11-8)10(2,3)4;1-8-5-6-11-9(7-8)10(2,3)4;1-8-6-5-7-9(11-8)10(2,3)4;2*1-9(2,3)8-5-4-6-10-7-8;1-9(2,3)8-6-4-5-7-10-8/h6-9H,5H2,1-4H3;5-8H,1-4H3;4*5-7H,1-4H3;3*4-7H,1-3H3. The predicted molar refractivity (Wildman–Crippen MR) is 424 cm³/mol. The highest BCUT2D eigenvalue weighted by Gasteiger charge is 2.19. The molecule has 2 aromatic carbocycles. The van der Waals surface area contributed by atoms with E-state index in [1.807, 2.05) is 93.6 Å². The molecule has 97 heavy (non-hydrogen) atoms. The van der Waals surface area contributed by atoms with E-state index in [-0.39, 0.29) is 48.7 Å². The lowest BCUT2D eigenvalue weighted by molar-refractivity contribution is 0.567. The van der Waals surface area contributed by atoms with Gasteiger partial charge >= 0.3 is 0 Å². The number of nitrogens with zero attached hydrogens (tertiary/aromatic N) is 7. The predicted octanol–water partition coefficient (Wildman–Crippen LogP) is 24.7. The van der Waals surface area contributed by atoms with Crippen LogP contribution in [-0.4, -0.2) is 34.9 Å². The van der Waals surface area contributed by atoms with E-state index >= 15 is 0 Å². The lowest BCUT2D eigenvalue weighted by Crippen LogP contribution is -2.13. The molecule has 0 atom stereocenters. The molecule has 9 aromatic rings. The maximum Gasteiger partial charge on any atom is 0.0460 e. The lowest BCUT2D eigenvalue weighted by Gasteiger charge is -2.19. The summed E-state index contributed by atoms with van der Waals surface area (Å²) in [6.45, 7) is 71.9. The van der Waals surface area contributed by atoms with Gasteiger partial charge in [-0.15, -0.1) is 0 Å². The van der Waals surface area contributed by atoms with Crippen molar-refractivity contribution >= 4 is 0 Å². The summed E-state index contributed by atoms with van der Waals surface area (Å²) in [5, 5.41) is 0. The number of hydrogen-bond acceptors (Lipinski definition) is 7. The van der Waals surface area contributed by atoms with Gasteiger partial charge < -0.3 is 0 Å². The zero-order valence-corrected chi connectivity index (χ0v) is 67.3. The third-order valence-electron chi connectivity index (χ3n) is 15.4. The zero-order chi connectivity index (χ0) is 74.4. The van der Waals surface area contributed by atoms with Gasteiger partial charge in [0.25, 0.3) is 0 Å². The highest BCUT2D eigenvalue weighted by Crippen LogP contribution is 2.27. The smallest absolute Gasteiger partial charge is 0.0460 e. The molecular formula is C90H133N7. The van der Waals surface area contributed by atoms with E-state index in [9.17, 15) is 0 Å². The van der Waals surface area contributed by atoms with Gasteiger partial charge in [-0.05, 0) is 184 Å². The van der Waals surface area contributed by atoms with Gasteiger partial charge in [0.05, 0.1) is 0 Å². The first-order chi connectivity index (χ1) is 44.3. The van der Waals surface area contributed by atoms with E-state index < -0.39 is 0 Å². The fraction of sp³-hybridized carbons (Fsp3) is 0.478. The molecule has 0 aliphatic heterocycles. The minimum atomic E-state index is 0.173. The van der Waals surface area contributed by atoms with Crippen LogP contribution in [0.25, 0.3) is 0 Å². The molecule has 0 bridgehead atoms. The van der Waals surface area contributed by atoms with E-state index in [0.29, 0.717) is 0 Å². The molecule has 0 unspecified atom stereocenters. The topological polar surface area (TPSA) is 90.2 Å². The summed E-state index contributed by atoms with van der Waals surface area (Å²) in [5.74, 6) is 0. The van der Waals surface area contributed by atoms with Gasteiger partial charge in [-0.1, -0.05) is 278 Å². The van der Waals surface area contributed by atoms with Crippen LogP contribution in [0.5, 0.6) is 0 Å². The van der Waals surface area contributed by atoms with Crippen LogP contribution < -0.4 is 0 Å². The lowest BCUT2D eigenvalue weighted by atomic mass is 9.86. The Morgan fingerprint density at radius 3 is 0.969 bits per heavy atom. The molecule has 0 aliphatic rings. The van der Waals surface area contributed by atoms with Crippen LogP contribution >= 0.6 is 0 Å². The van der Waals surface area contributed by atoms with Gasteiger partial charge in [-0.25, -0.2) is 0 Å². The average Bonchev–Trinajstić information content (AvgIpc) is 1.58. The Labute approximate surface area is 594 Å². The second-order valence-corrected chi connectivity index (χ2v) is 34.7. The minimum absolute atomic E-state index is 0.173. The number of rotatable bonds is 1. The molecule has 0 N–H and O–H groups in total. The molecule has 0 radical (unpaired) electrons. The number of aromatic nitrogens is 7. The fourth-order valence-electron chi connectivity index (χ4n) is 8.67. The highest BCUT2D eigenvalue weighted by molar-refractivity contribution is 5.30. The number of hydrogen-bond donors (Lipinski definition) is 0. The molecule has 0 saturated heterocycles. The summed E-state index contributed by atoms with van der Waals surface area (Å²) in [7, 11) is 0. The van der Waals surface area contributed by atoms with Gasteiger partial charge in [-0.2, -0.15) is 0 Å². The van der Waals surface area contributed by atoms with Crippen molar-refractivity contribution in [2.75, 3.05) is 0 Å². The normalized spacial score (nSPS) is 11.6. The van der Waals surface area contributed by atoms with E-state index in [1.165, 1.54) is 55.6 Å². The van der Waals surface area contributed by atoms with Crippen molar-refractivity contribution in [3.05, 3.63) is 279 Å². The van der Waals surface area contributed by atoms with Gasteiger partial charge in [-0.3, -0.25) is 34.9 Å². The van der Waals surface area contributed by atoms with Crippen molar-refractivity contribution in [3.8, 4) is 0 Å². The summed E-state index contributed by atoms with van der Waals surface area (Å²) in [5.41, 5.74) is 21.1. The first-order valence-electron chi connectivity index (χ1n) is 35.0. The van der Waals surface area contributed by atoms with Crippen molar-refractivity contribution < 1.29 is 0 Å². The van der Waals surface area contributed by atoms with Crippen molar-refractivity contribution in [1.29, 1.82) is 0 Å². The van der Waals surface area contributed by atoms with E-state index in [1.54, 1.807) is 12.4 Å². The van der Waals surface area contributed by atoms with Crippen molar-refractivity contribution in [2.24, 2.45) is 0 Å². The maximum absolute atomic E-state index is 4.44. The van der Waals surface area contributed by atoms with Crippen molar-refractivity contribution in [2.45, 2.75) is 284 Å². The highest BCUT2D eigenvalue weighted by atomic mass is 14.7. The molecule has 528 valence electrons. The zero-order valence-electron chi connectivity index (χ0n) is 67.3. The molecule has 0 spiro atoms. The molecule has 7 heterocycles. The maximum atomic E-state index is 4.44. The summed E-state index contributed by atoms with van der Waals surface area (Å²) in [6, 6.07) is 48.4. The third-order valence-corrected chi connectivity index (χ3v) is 15.4. The SMILES string of the molecule is CC(C)(C)c1ccccn1.CC(C)(C)c1cccnc1.CC(C)(C)c1cccnc1.CCc1cccc(C(C)(C)C)c1.Cc1cc(C(C)(C)C)ccn1.Cc1cccc(C(C)(C)C)c1.Cc1cccc(C(C)(C)C)n1.Cc1ccnc(C(C)(C)C)c1.Cc1cncc(C(C)(C)C)c1. The fourth-order valence-corrected chi connectivity index (χ4v) is 8.67. The van der Waals surface area contributed by atoms with Crippen LogP contribution in [0.3, 0.4) is 0 Å². The number of aryl methyl sites for hydroxylation is 6.